The maximum atomic E-state index is 12.5. The van der Waals surface area contributed by atoms with Gasteiger partial charge in [-0.25, -0.2) is 8.42 Å². The standard InChI is InChI=1S/C24H25ClN2O4S/c1-18(12-13-19-8-4-2-5-9-19)26-24(28)17-31-23-15-14-21(16-22(23)25)32(29,30)27-20-10-6-3-7-11-20/h2-11,14-16,18,27H,12-13,17H2,1H3,(H,26,28)/t18-/m1/s1. The Bertz CT molecular complexity index is 1140. The van der Waals surface area contributed by atoms with Crippen molar-refractivity contribution in [2.24, 2.45) is 0 Å². The molecule has 0 spiro atoms. The monoisotopic (exact) mass is 472 g/mol. The fourth-order valence-corrected chi connectivity index (χ4v) is 4.43. The zero-order chi connectivity index (χ0) is 23.0. The summed E-state index contributed by atoms with van der Waals surface area (Å²) in [5.74, 6) is -0.0403. The fourth-order valence-electron chi connectivity index (χ4n) is 3.05. The van der Waals surface area contributed by atoms with Gasteiger partial charge in [0.15, 0.2) is 6.61 Å². The number of para-hydroxylation sites is 1. The van der Waals surface area contributed by atoms with Crippen LogP contribution < -0.4 is 14.8 Å². The van der Waals surface area contributed by atoms with Crippen molar-refractivity contribution in [1.82, 2.24) is 5.32 Å². The zero-order valence-electron chi connectivity index (χ0n) is 17.6. The van der Waals surface area contributed by atoms with Crippen LogP contribution in [0.25, 0.3) is 0 Å². The highest BCUT2D eigenvalue weighted by molar-refractivity contribution is 7.92. The van der Waals surface area contributed by atoms with E-state index in [0.29, 0.717) is 5.69 Å². The van der Waals surface area contributed by atoms with Crippen LogP contribution in [-0.2, 0) is 21.2 Å². The van der Waals surface area contributed by atoms with Crippen molar-refractivity contribution in [3.63, 3.8) is 0 Å². The van der Waals surface area contributed by atoms with Crippen LogP contribution >= 0.6 is 11.6 Å². The highest BCUT2D eigenvalue weighted by Crippen LogP contribution is 2.28. The second kappa shape index (κ2) is 11.0. The molecule has 0 radical (unpaired) electrons. The van der Waals surface area contributed by atoms with Crippen LogP contribution in [0.4, 0.5) is 5.69 Å². The Morgan fingerprint density at radius 3 is 2.31 bits per heavy atom. The molecule has 8 heteroatoms. The van der Waals surface area contributed by atoms with Crippen molar-refractivity contribution >= 4 is 33.2 Å². The lowest BCUT2D eigenvalue weighted by Crippen LogP contribution is -2.36. The lowest BCUT2D eigenvalue weighted by atomic mass is 10.1. The Kier molecular flexibility index (Phi) is 8.14. The van der Waals surface area contributed by atoms with E-state index in [1.807, 2.05) is 25.1 Å². The number of aryl methyl sites for hydroxylation is 1. The van der Waals surface area contributed by atoms with Crippen molar-refractivity contribution in [1.29, 1.82) is 0 Å². The van der Waals surface area contributed by atoms with Crippen LogP contribution in [0, 0.1) is 0 Å². The molecule has 1 amide bonds. The van der Waals surface area contributed by atoms with E-state index in [1.54, 1.807) is 30.3 Å². The Morgan fingerprint density at radius 2 is 1.66 bits per heavy atom. The van der Waals surface area contributed by atoms with Crippen molar-refractivity contribution in [2.45, 2.75) is 30.7 Å². The van der Waals surface area contributed by atoms with E-state index in [-0.39, 0.29) is 34.2 Å². The smallest absolute Gasteiger partial charge is 0.261 e. The van der Waals surface area contributed by atoms with E-state index in [2.05, 4.69) is 22.2 Å². The number of sulfonamides is 1. The number of benzene rings is 3. The highest BCUT2D eigenvalue weighted by atomic mass is 35.5. The molecule has 0 saturated carbocycles. The van der Waals surface area contributed by atoms with Gasteiger partial charge in [-0.2, -0.15) is 0 Å². The Hall–Kier alpha value is -3.03. The van der Waals surface area contributed by atoms with E-state index in [1.165, 1.54) is 23.8 Å². The number of carbonyl (C=O) groups is 1. The molecule has 1 atom stereocenters. The molecule has 0 bridgehead atoms. The molecule has 0 aliphatic carbocycles. The van der Waals surface area contributed by atoms with Crippen molar-refractivity contribution < 1.29 is 17.9 Å². The quantitative estimate of drug-likeness (QED) is 0.449. The summed E-state index contributed by atoms with van der Waals surface area (Å²) < 4.78 is 33.1. The number of hydrogen-bond donors (Lipinski definition) is 2. The first-order chi connectivity index (χ1) is 15.3. The van der Waals surface area contributed by atoms with E-state index in [9.17, 15) is 13.2 Å². The number of carbonyl (C=O) groups excluding carboxylic acids is 1. The first-order valence-corrected chi connectivity index (χ1v) is 12.0. The van der Waals surface area contributed by atoms with Gasteiger partial charge in [0.1, 0.15) is 5.75 Å². The molecule has 2 N–H and O–H groups in total. The molecule has 3 aromatic carbocycles. The van der Waals surface area contributed by atoms with Gasteiger partial charge in [-0.15, -0.1) is 0 Å². The molecule has 168 valence electrons. The van der Waals surface area contributed by atoms with E-state index < -0.39 is 10.0 Å². The largest absolute Gasteiger partial charge is 0.482 e. The first kappa shape index (κ1) is 23.6. The Morgan fingerprint density at radius 1 is 1.00 bits per heavy atom. The number of halogens is 1. The minimum atomic E-state index is -3.80. The molecule has 0 heterocycles. The number of anilines is 1. The molecule has 0 aliphatic rings. The van der Waals surface area contributed by atoms with E-state index in [0.717, 1.165) is 12.8 Å². The van der Waals surface area contributed by atoms with Gasteiger partial charge in [0.25, 0.3) is 15.9 Å². The maximum Gasteiger partial charge on any atom is 0.261 e. The third kappa shape index (κ3) is 7.00. The van der Waals surface area contributed by atoms with Gasteiger partial charge in [0.05, 0.1) is 9.92 Å². The molecule has 6 nitrogen and oxygen atoms in total. The minimum absolute atomic E-state index is 0.00214. The van der Waals surface area contributed by atoms with Crippen LogP contribution in [0.3, 0.4) is 0 Å². The molecular weight excluding hydrogens is 448 g/mol. The summed E-state index contributed by atoms with van der Waals surface area (Å²) in [6, 6.07) is 22.7. The molecule has 0 fully saturated rings. The van der Waals surface area contributed by atoms with Crippen molar-refractivity contribution in [2.75, 3.05) is 11.3 Å². The SMILES string of the molecule is C[C@H](CCc1ccccc1)NC(=O)COc1ccc(S(=O)(=O)Nc2ccccc2)cc1Cl. The molecular formula is C24H25ClN2O4S. The topological polar surface area (TPSA) is 84.5 Å². The van der Waals surface area contributed by atoms with E-state index in [4.69, 9.17) is 16.3 Å². The Labute approximate surface area is 193 Å². The van der Waals surface area contributed by atoms with Gasteiger partial charge in [0.2, 0.25) is 0 Å². The second-order valence-electron chi connectivity index (χ2n) is 7.35. The zero-order valence-corrected chi connectivity index (χ0v) is 19.2. The number of amides is 1. The first-order valence-electron chi connectivity index (χ1n) is 10.2. The normalized spacial score (nSPS) is 12.1. The maximum absolute atomic E-state index is 12.5. The van der Waals surface area contributed by atoms with Crippen LogP contribution in [0.15, 0.2) is 83.8 Å². The van der Waals surface area contributed by atoms with Gasteiger partial charge in [0, 0.05) is 11.7 Å². The third-order valence-corrected chi connectivity index (χ3v) is 6.39. The summed E-state index contributed by atoms with van der Waals surface area (Å²) >= 11 is 6.20. The number of ether oxygens (including phenoxy) is 1. The van der Waals surface area contributed by atoms with Crippen LogP contribution in [0.2, 0.25) is 5.02 Å². The number of hydrogen-bond acceptors (Lipinski definition) is 4. The predicted molar refractivity (Wildman–Crippen MR) is 127 cm³/mol. The average molecular weight is 473 g/mol. The van der Waals surface area contributed by atoms with Crippen LogP contribution in [0.5, 0.6) is 5.75 Å². The molecule has 3 rings (SSSR count). The molecule has 0 saturated heterocycles. The summed E-state index contributed by atoms with van der Waals surface area (Å²) in [4.78, 5) is 12.2. The summed E-state index contributed by atoms with van der Waals surface area (Å²) in [5, 5.41) is 2.99. The van der Waals surface area contributed by atoms with Gasteiger partial charge >= 0.3 is 0 Å². The predicted octanol–water partition coefficient (Wildman–Crippen LogP) is 4.66. The Balaban J connectivity index is 1.51. The average Bonchev–Trinajstić information content (AvgIpc) is 2.78. The summed E-state index contributed by atoms with van der Waals surface area (Å²) in [6.07, 6.45) is 1.67. The van der Waals surface area contributed by atoms with E-state index >= 15 is 0 Å². The van der Waals surface area contributed by atoms with Crippen LogP contribution in [-0.4, -0.2) is 27.0 Å². The van der Waals surface area contributed by atoms with Crippen LogP contribution in [0.1, 0.15) is 18.9 Å². The summed E-state index contributed by atoms with van der Waals surface area (Å²) in [7, 11) is -3.80. The van der Waals surface area contributed by atoms with Gasteiger partial charge in [-0.05, 0) is 55.7 Å². The molecule has 32 heavy (non-hydrogen) atoms. The minimum Gasteiger partial charge on any atom is -0.482 e. The van der Waals surface area contributed by atoms with Gasteiger partial charge in [-0.1, -0.05) is 60.1 Å². The van der Waals surface area contributed by atoms with Gasteiger partial charge < -0.3 is 10.1 Å². The second-order valence-corrected chi connectivity index (χ2v) is 9.43. The molecule has 0 aliphatic heterocycles. The lowest BCUT2D eigenvalue weighted by Gasteiger charge is -2.15. The van der Waals surface area contributed by atoms with Crippen molar-refractivity contribution in [3.8, 4) is 5.75 Å². The highest BCUT2D eigenvalue weighted by Gasteiger charge is 2.17. The molecule has 3 aromatic rings. The fraction of sp³-hybridized carbons (Fsp3) is 0.208. The number of nitrogens with one attached hydrogen (secondary N) is 2. The van der Waals surface area contributed by atoms with Gasteiger partial charge in [-0.3, -0.25) is 9.52 Å². The summed E-state index contributed by atoms with van der Waals surface area (Å²) in [5.41, 5.74) is 1.66. The molecule has 0 unspecified atom stereocenters. The lowest BCUT2D eigenvalue weighted by molar-refractivity contribution is -0.123. The third-order valence-electron chi connectivity index (χ3n) is 4.71. The number of rotatable bonds is 10. The molecule has 0 aromatic heterocycles. The van der Waals surface area contributed by atoms with Crippen molar-refractivity contribution in [3.05, 3.63) is 89.4 Å². The summed E-state index contributed by atoms with van der Waals surface area (Å²) in [6.45, 7) is 1.72.